The Kier molecular flexibility index (Phi) is 3.61. The highest BCUT2D eigenvalue weighted by atomic mass is 32.2. The first-order valence-electron chi connectivity index (χ1n) is 5.79. The van der Waals surface area contributed by atoms with Crippen molar-refractivity contribution in [1.82, 2.24) is 9.97 Å². The Labute approximate surface area is 102 Å². The van der Waals surface area contributed by atoms with Gasteiger partial charge in [0.2, 0.25) is 5.95 Å². The molecule has 0 amide bonds. The van der Waals surface area contributed by atoms with Gasteiger partial charge in [0.05, 0.1) is 11.5 Å². The third-order valence-electron chi connectivity index (χ3n) is 3.02. The van der Waals surface area contributed by atoms with Gasteiger partial charge in [-0.1, -0.05) is 0 Å². The van der Waals surface area contributed by atoms with Crippen LogP contribution in [-0.2, 0) is 9.84 Å². The minimum absolute atomic E-state index is 0.314. The zero-order chi connectivity index (χ0) is 12.3. The lowest BCUT2D eigenvalue weighted by molar-refractivity contribution is 0.483. The standard InChI is InChI=1S/C11H17N3O2S/c1-9-2-5-12-11(14-9)13-8-10-3-6-17(15,16)7-4-10/h2,5,10H,3-4,6-8H2,1H3,(H,12,13,14). The van der Waals surface area contributed by atoms with Crippen molar-refractivity contribution in [2.24, 2.45) is 5.92 Å². The Morgan fingerprint density at radius 2 is 2.12 bits per heavy atom. The van der Waals surface area contributed by atoms with E-state index in [1.165, 1.54) is 0 Å². The lowest BCUT2D eigenvalue weighted by Gasteiger charge is -2.21. The number of rotatable bonds is 3. The normalized spacial score (nSPS) is 20.1. The molecule has 0 aliphatic carbocycles. The van der Waals surface area contributed by atoms with Crippen LogP contribution in [0.4, 0.5) is 5.95 Å². The molecule has 17 heavy (non-hydrogen) atoms. The van der Waals surface area contributed by atoms with Crippen molar-refractivity contribution in [3.8, 4) is 0 Å². The molecule has 2 heterocycles. The average Bonchev–Trinajstić information content (AvgIpc) is 2.28. The number of aromatic nitrogens is 2. The average molecular weight is 255 g/mol. The molecule has 1 aliphatic rings. The predicted octanol–water partition coefficient (Wildman–Crippen LogP) is 1.02. The predicted molar refractivity (Wildman–Crippen MR) is 66.6 cm³/mol. The lowest BCUT2D eigenvalue weighted by Crippen LogP contribution is -2.27. The Hall–Kier alpha value is -1.17. The molecule has 0 bridgehead atoms. The monoisotopic (exact) mass is 255 g/mol. The van der Waals surface area contributed by atoms with E-state index in [1.807, 2.05) is 13.0 Å². The van der Waals surface area contributed by atoms with E-state index < -0.39 is 9.84 Å². The van der Waals surface area contributed by atoms with Gasteiger partial charge in [-0.25, -0.2) is 18.4 Å². The summed E-state index contributed by atoms with van der Waals surface area (Å²) in [6.45, 7) is 2.67. The van der Waals surface area contributed by atoms with E-state index in [9.17, 15) is 8.42 Å². The number of hydrogen-bond donors (Lipinski definition) is 1. The fraction of sp³-hybridized carbons (Fsp3) is 0.636. The third-order valence-corrected chi connectivity index (χ3v) is 4.73. The maximum atomic E-state index is 11.3. The van der Waals surface area contributed by atoms with Crippen molar-refractivity contribution < 1.29 is 8.42 Å². The summed E-state index contributed by atoms with van der Waals surface area (Å²) in [5.41, 5.74) is 0.925. The van der Waals surface area contributed by atoms with Crippen LogP contribution in [0.15, 0.2) is 12.3 Å². The zero-order valence-electron chi connectivity index (χ0n) is 9.89. The first kappa shape index (κ1) is 12.3. The van der Waals surface area contributed by atoms with E-state index in [2.05, 4.69) is 15.3 Å². The van der Waals surface area contributed by atoms with Gasteiger partial charge < -0.3 is 5.32 Å². The first-order valence-corrected chi connectivity index (χ1v) is 7.61. The van der Waals surface area contributed by atoms with Crippen LogP contribution < -0.4 is 5.32 Å². The molecule has 1 fully saturated rings. The molecule has 1 N–H and O–H groups in total. The minimum atomic E-state index is -2.76. The number of nitrogens with one attached hydrogen (secondary N) is 1. The van der Waals surface area contributed by atoms with Crippen LogP contribution in [0.5, 0.6) is 0 Å². The van der Waals surface area contributed by atoms with Crippen molar-refractivity contribution in [1.29, 1.82) is 0 Å². The molecule has 1 aromatic rings. The number of anilines is 1. The molecule has 0 saturated carbocycles. The van der Waals surface area contributed by atoms with Gasteiger partial charge in [0.25, 0.3) is 0 Å². The molecular formula is C11H17N3O2S. The fourth-order valence-corrected chi connectivity index (χ4v) is 3.50. The van der Waals surface area contributed by atoms with Crippen LogP contribution in [0, 0.1) is 12.8 Å². The summed E-state index contributed by atoms with van der Waals surface area (Å²) in [4.78, 5) is 8.36. The SMILES string of the molecule is Cc1ccnc(NCC2CCS(=O)(=O)CC2)n1. The second kappa shape index (κ2) is 5.00. The molecule has 6 heteroatoms. The van der Waals surface area contributed by atoms with Crippen molar-refractivity contribution >= 4 is 15.8 Å². The van der Waals surface area contributed by atoms with E-state index in [-0.39, 0.29) is 0 Å². The highest BCUT2D eigenvalue weighted by Gasteiger charge is 2.23. The lowest BCUT2D eigenvalue weighted by atomic mass is 10.0. The minimum Gasteiger partial charge on any atom is -0.354 e. The highest BCUT2D eigenvalue weighted by molar-refractivity contribution is 7.91. The summed E-state index contributed by atoms with van der Waals surface area (Å²) in [6.07, 6.45) is 3.19. The van der Waals surface area contributed by atoms with E-state index in [0.29, 0.717) is 23.4 Å². The molecule has 0 atom stereocenters. The molecule has 2 rings (SSSR count). The van der Waals surface area contributed by atoms with Crippen LogP contribution in [-0.4, -0.2) is 36.4 Å². The van der Waals surface area contributed by atoms with Gasteiger partial charge in [-0.2, -0.15) is 0 Å². The molecular weight excluding hydrogens is 238 g/mol. The van der Waals surface area contributed by atoms with Crippen LogP contribution in [0.2, 0.25) is 0 Å². The van der Waals surface area contributed by atoms with Gasteiger partial charge in [-0.05, 0) is 31.7 Å². The summed E-state index contributed by atoms with van der Waals surface area (Å²) in [5, 5.41) is 3.17. The van der Waals surface area contributed by atoms with Crippen LogP contribution in [0.25, 0.3) is 0 Å². The van der Waals surface area contributed by atoms with E-state index >= 15 is 0 Å². The Balaban J connectivity index is 1.84. The Morgan fingerprint density at radius 3 is 2.76 bits per heavy atom. The number of nitrogens with zero attached hydrogens (tertiary/aromatic N) is 2. The third kappa shape index (κ3) is 3.66. The molecule has 0 aromatic carbocycles. The maximum Gasteiger partial charge on any atom is 0.222 e. The van der Waals surface area contributed by atoms with Gasteiger partial charge in [0, 0.05) is 18.4 Å². The zero-order valence-corrected chi connectivity index (χ0v) is 10.7. The highest BCUT2D eigenvalue weighted by Crippen LogP contribution is 2.18. The van der Waals surface area contributed by atoms with Gasteiger partial charge >= 0.3 is 0 Å². The van der Waals surface area contributed by atoms with Crippen molar-refractivity contribution in [3.05, 3.63) is 18.0 Å². The summed E-state index contributed by atoms with van der Waals surface area (Å²) in [5.74, 6) is 1.66. The summed E-state index contributed by atoms with van der Waals surface area (Å²) >= 11 is 0. The second-order valence-electron chi connectivity index (χ2n) is 4.50. The topological polar surface area (TPSA) is 72.0 Å². The quantitative estimate of drug-likeness (QED) is 0.873. The van der Waals surface area contributed by atoms with Crippen LogP contribution in [0.1, 0.15) is 18.5 Å². The molecule has 1 saturated heterocycles. The molecule has 5 nitrogen and oxygen atoms in total. The van der Waals surface area contributed by atoms with E-state index in [1.54, 1.807) is 6.20 Å². The van der Waals surface area contributed by atoms with Crippen molar-refractivity contribution in [3.63, 3.8) is 0 Å². The van der Waals surface area contributed by atoms with Crippen LogP contribution >= 0.6 is 0 Å². The fourth-order valence-electron chi connectivity index (χ4n) is 1.91. The first-order chi connectivity index (χ1) is 8.05. The number of hydrogen-bond acceptors (Lipinski definition) is 5. The van der Waals surface area contributed by atoms with Gasteiger partial charge in [0.15, 0.2) is 0 Å². The largest absolute Gasteiger partial charge is 0.354 e. The van der Waals surface area contributed by atoms with E-state index in [4.69, 9.17) is 0 Å². The summed E-state index contributed by atoms with van der Waals surface area (Å²) in [7, 11) is -2.76. The van der Waals surface area contributed by atoms with Crippen molar-refractivity contribution in [2.45, 2.75) is 19.8 Å². The second-order valence-corrected chi connectivity index (χ2v) is 6.80. The molecule has 94 valence electrons. The summed E-state index contributed by atoms with van der Waals surface area (Å²) < 4.78 is 22.5. The Morgan fingerprint density at radius 1 is 1.41 bits per heavy atom. The Bertz CT molecular complexity index is 473. The molecule has 1 aromatic heterocycles. The van der Waals surface area contributed by atoms with Crippen molar-refractivity contribution in [2.75, 3.05) is 23.4 Å². The number of aryl methyl sites for hydroxylation is 1. The van der Waals surface area contributed by atoms with Gasteiger partial charge in [0.1, 0.15) is 9.84 Å². The smallest absolute Gasteiger partial charge is 0.222 e. The van der Waals surface area contributed by atoms with E-state index in [0.717, 1.165) is 25.1 Å². The molecule has 0 spiro atoms. The number of sulfone groups is 1. The van der Waals surface area contributed by atoms with Gasteiger partial charge in [-0.3, -0.25) is 0 Å². The summed E-state index contributed by atoms with van der Waals surface area (Å²) in [6, 6.07) is 1.85. The van der Waals surface area contributed by atoms with Gasteiger partial charge in [-0.15, -0.1) is 0 Å². The molecule has 0 unspecified atom stereocenters. The maximum absolute atomic E-state index is 11.3. The molecule has 0 radical (unpaired) electrons. The molecule has 1 aliphatic heterocycles. The van der Waals surface area contributed by atoms with Crippen LogP contribution in [0.3, 0.4) is 0 Å².